The Kier molecular flexibility index (Phi) is 8.21. The number of aliphatic hydroxyl groups excluding tert-OH is 2. The number of nitrogens with two attached hydrogens (primary N) is 1. The van der Waals surface area contributed by atoms with Gasteiger partial charge in [-0.2, -0.15) is 0 Å². The van der Waals surface area contributed by atoms with Gasteiger partial charge >= 0.3 is 211 Å². The third-order valence-corrected chi connectivity index (χ3v) is 9.41. The minimum atomic E-state index is -1.33. The van der Waals surface area contributed by atoms with Gasteiger partial charge in [0.25, 0.3) is 0 Å². The molecule has 5 atom stereocenters. The van der Waals surface area contributed by atoms with Crippen molar-refractivity contribution in [2.45, 2.75) is 50.3 Å². The van der Waals surface area contributed by atoms with Gasteiger partial charge in [-0.15, -0.1) is 0 Å². The summed E-state index contributed by atoms with van der Waals surface area (Å²) in [6.07, 6.45) is 1.38. The van der Waals surface area contributed by atoms with Crippen LogP contribution in [0.3, 0.4) is 0 Å². The van der Waals surface area contributed by atoms with E-state index in [4.69, 9.17) is 17.3 Å². The number of hydrogen-bond donors (Lipinski definition) is 6. The Labute approximate surface area is 236 Å². The molecular weight excluding hydrogens is 540 g/mol. The Hall–Kier alpha value is -2.46. The summed E-state index contributed by atoms with van der Waals surface area (Å²) in [4.78, 5) is 32.4. The summed E-state index contributed by atoms with van der Waals surface area (Å²) in [5.41, 5.74) is 6.11. The first-order valence-corrected chi connectivity index (χ1v) is 13.9. The van der Waals surface area contributed by atoms with Crippen molar-refractivity contribution < 1.29 is 24.9 Å². The number of carbonyl (C=O) groups is 2. The van der Waals surface area contributed by atoms with E-state index in [1.54, 1.807) is 19.0 Å². The van der Waals surface area contributed by atoms with Crippen LogP contribution in [0.1, 0.15) is 42.6 Å². The topological polar surface area (TPSA) is 161 Å². The van der Waals surface area contributed by atoms with Gasteiger partial charge in [0.05, 0.1) is 0 Å². The molecule has 1 amide bonds. The molecule has 0 bridgehead atoms. The van der Waals surface area contributed by atoms with Crippen molar-refractivity contribution >= 4 is 51.3 Å². The number of Topliss-reactive ketones (excluding diaryl/α,β-unsaturated/α-hetero) is 1. The number of ketones is 1. The molecule has 10 nitrogen and oxygen atoms in total. The third-order valence-electron chi connectivity index (χ3n) is 8.04. The number of fused-ring (bicyclic) bond motifs is 3. The summed E-state index contributed by atoms with van der Waals surface area (Å²) in [6.45, 7) is 5.36. The number of likely N-dealkylation sites (N-methyl/N-ethyl adjacent to an activating group) is 1. The summed E-state index contributed by atoms with van der Waals surface area (Å²) >= 11 is 6.55. The van der Waals surface area contributed by atoms with Crippen molar-refractivity contribution in [1.82, 2.24) is 15.2 Å². The second-order valence-corrected chi connectivity index (χ2v) is 12.3. The van der Waals surface area contributed by atoms with Gasteiger partial charge < -0.3 is 5.32 Å². The van der Waals surface area contributed by atoms with Crippen LogP contribution in [0.25, 0.3) is 0 Å². The molecule has 3 aliphatic carbocycles. The molecule has 13 heteroatoms. The molecule has 0 radical (unpaired) electrons. The molecule has 39 heavy (non-hydrogen) atoms. The fourth-order valence-corrected chi connectivity index (χ4v) is 7.08. The maximum absolute atomic E-state index is 14.0. The van der Waals surface area contributed by atoms with E-state index < -0.39 is 34.7 Å². The molecule has 0 saturated carbocycles. The Morgan fingerprint density at radius 1 is 1.31 bits per heavy atom. The molecule has 210 valence electrons. The first kappa shape index (κ1) is 29.5. The fraction of sp³-hybridized carbons (Fsp3) is 0.538. The van der Waals surface area contributed by atoms with E-state index in [9.17, 15) is 24.9 Å². The van der Waals surface area contributed by atoms with Crippen molar-refractivity contribution in [3.8, 4) is 5.75 Å². The SMILES string of the molecule is B=C1C(C(N)=O)=C(O)[C@@H](N(C)C)[C@@H]2C[C@@H]3Cc4c(Cl)nc(NCCCNC(C)C)c(O)c4C(=O)C3=C(O)[C@]12P. The average Bonchev–Trinajstić information content (AvgIpc) is 2.83. The number of aromatic hydroxyl groups is 1. The summed E-state index contributed by atoms with van der Waals surface area (Å²) in [5.74, 6) is -3.05. The number of anilines is 1. The van der Waals surface area contributed by atoms with Crippen LogP contribution in [-0.2, 0) is 11.2 Å². The molecule has 4 rings (SSSR count). The standard InChI is InChI=1S/C26H36BClN5O5P/c1-10(2)30-6-5-7-31-25-20(36)15-12(23(28)32-25)8-11-9-13-17(33(3)4)19(35)16(24(29)38)21(27)26(13,39)22(37)14(11)18(15)34/h10-11,13,17,27,30,35-37H,5-9,39H2,1-4H3,(H2,29,38)(H,31,32)/t11-,13-,17-,26+/m0/s1. The molecule has 0 aliphatic heterocycles. The predicted molar refractivity (Wildman–Crippen MR) is 157 cm³/mol. The van der Waals surface area contributed by atoms with Gasteiger partial charge in [-0.25, -0.2) is 0 Å². The van der Waals surface area contributed by atoms with E-state index in [0.29, 0.717) is 24.6 Å². The zero-order valence-corrected chi connectivity index (χ0v) is 24.5. The van der Waals surface area contributed by atoms with Gasteiger partial charge in [0.2, 0.25) is 0 Å². The first-order valence-electron chi connectivity index (χ1n) is 13.0. The molecule has 3 aliphatic rings. The average molecular weight is 576 g/mol. The fourth-order valence-electron chi connectivity index (χ4n) is 6.21. The van der Waals surface area contributed by atoms with Gasteiger partial charge in [0, 0.05) is 6.04 Å². The van der Waals surface area contributed by atoms with Crippen molar-refractivity contribution in [2.24, 2.45) is 17.6 Å². The van der Waals surface area contributed by atoms with Crippen LogP contribution in [0.5, 0.6) is 5.75 Å². The van der Waals surface area contributed by atoms with E-state index in [-0.39, 0.29) is 56.8 Å². The van der Waals surface area contributed by atoms with Crippen molar-refractivity contribution in [3.63, 3.8) is 0 Å². The number of hydrogen-bond acceptors (Lipinski definition) is 9. The normalized spacial score (nSPS) is 26.6. The van der Waals surface area contributed by atoms with Gasteiger partial charge in [-0.3, -0.25) is 0 Å². The number of aromatic nitrogens is 1. The van der Waals surface area contributed by atoms with Crippen LogP contribution >= 0.6 is 20.8 Å². The summed E-state index contributed by atoms with van der Waals surface area (Å²) in [5, 5.41) is 39.0. The quantitative estimate of drug-likeness (QED) is 0.116. The molecule has 1 aromatic rings. The van der Waals surface area contributed by atoms with E-state index in [0.717, 1.165) is 13.0 Å². The molecule has 0 saturated heterocycles. The Morgan fingerprint density at radius 3 is 2.56 bits per heavy atom. The summed E-state index contributed by atoms with van der Waals surface area (Å²) in [7, 11) is 10.1. The maximum atomic E-state index is 14.0. The Bertz CT molecular complexity index is 1320. The van der Waals surface area contributed by atoms with E-state index in [1.807, 2.05) is 0 Å². The molecule has 0 aromatic carbocycles. The zero-order chi connectivity index (χ0) is 29.0. The van der Waals surface area contributed by atoms with Crippen molar-refractivity contribution in [3.05, 3.63) is 38.9 Å². The van der Waals surface area contributed by atoms with E-state index in [2.05, 4.69) is 46.2 Å². The zero-order valence-electron chi connectivity index (χ0n) is 22.6. The number of aliphatic hydroxyl groups is 2. The minimum absolute atomic E-state index is 0.00162. The number of allylic oxidation sites excluding steroid dienone is 2. The van der Waals surface area contributed by atoms with Gasteiger partial charge in [0.15, 0.2) is 0 Å². The number of rotatable bonds is 8. The number of primary amides is 1. The monoisotopic (exact) mass is 575 g/mol. The van der Waals surface area contributed by atoms with Gasteiger partial charge in [0.1, 0.15) is 0 Å². The molecule has 1 aromatic heterocycles. The Morgan fingerprint density at radius 2 is 1.97 bits per heavy atom. The molecular formula is C26H36BClN5O5P. The molecule has 0 fully saturated rings. The first-order chi connectivity index (χ1) is 18.2. The van der Waals surface area contributed by atoms with Crippen LogP contribution in [0.2, 0.25) is 5.15 Å². The predicted octanol–water partition coefficient (Wildman–Crippen LogP) is 1.36. The summed E-state index contributed by atoms with van der Waals surface area (Å²) < 4.78 is 0. The third kappa shape index (κ3) is 4.77. The van der Waals surface area contributed by atoms with Gasteiger partial charge in [-0.05, 0) is 0 Å². The van der Waals surface area contributed by atoms with Crippen LogP contribution < -0.4 is 16.4 Å². The molecule has 1 heterocycles. The van der Waals surface area contributed by atoms with Crippen LogP contribution in [0, 0.1) is 11.8 Å². The Balaban J connectivity index is 1.77. The molecule has 0 spiro atoms. The number of carbonyl (C=O) groups excluding carboxylic acids is 2. The molecule has 1 unspecified atom stereocenters. The van der Waals surface area contributed by atoms with E-state index >= 15 is 0 Å². The number of amides is 1. The van der Waals surface area contributed by atoms with Crippen LogP contribution in [-0.4, -0.2) is 94.3 Å². The van der Waals surface area contributed by atoms with Crippen LogP contribution in [0.15, 0.2) is 22.7 Å². The van der Waals surface area contributed by atoms with Crippen molar-refractivity contribution in [2.75, 3.05) is 32.5 Å². The van der Waals surface area contributed by atoms with Crippen molar-refractivity contribution in [1.29, 1.82) is 0 Å². The molecule has 7 N–H and O–H groups in total. The van der Waals surface area contributed by atoms with Gasteiger partial charge in [-0.1, -0.05) is 13.8 Å². The number of nitrogens with one attached hydrogen (secondary N) is 2. The second kappa shape index (κ2) is 10.8. The number of pyridine rings is 1. The number of halogens is 1. The number of nitrogens with zero attached hydrogens (tertiary/aromatic N) is 2. The van der Waals surface area contributed by atoms with Crippen LogP contribution in [0.4, 0.5) is 5.82 Å². The van der Waals surface area contributed by atoms with E-state index in [1.165, 1.54) is 0 Å². The summed E-state index contributed by atoms with van der Waals surface area (Å²) in [6, 6.07) is -0.322. The second-order valence-electron chi connectivity index (χ2n) is 11.1.